The van der Waals surface area contributed by atoms with Gasteiger partial charge in [-0.25, -0.2) is 0 Å². The van der Waals surface area contributed by atoms with E-state index in [0.717, 1.165) is 12.4 Å². The van der Waals surface area contributed by atoms with E-state index in [9.17, 15) is 0 Å². The molecule has 104 valence electrons. The number of aliphatic imine (C=N–C) groups is 1. The largest absolute Gasteiger partial charge is 0.412 e. The van der Waals surface area contributed by atoms with Gasteiger partial charge < -0.3 is 11.2 Å². The lowest BCUT2D eigenvalue weighted by atomic mass is 9.55. The van der Waals surface area contributed by atoms with E-state index in [1.807, 2.05) is 0 Å². The molecule has 4 N–H and O–H groups in total. The fourth-order valence-electron chi connectivity index (χ4n) is 3.56. The van der Waals surface area contributed by atoms with Crippen LogP contribution in [-0.4, -0.2) is 17.9 Å². The van der Waals surface area contributed by atoms with Crippen molar-refractivity contribution in [3.05, 3.63) is 35.4 Å². The van der Waals surface area contributed by atoms with Gasteiger partial charge in [0.05, 0.1) is 5.41 Å². The van der Waals surface area contributed by atoms with E-state index in [0.29, 0.717) is 5.41 Å². The molecule has 0 unspecified atom stereocenters. The summed E-state index contributed by atoms with van der Waals surface area (Å²) in [5.41, 5.74) is 9.65. The maximum Gasteiger partial charge on any atom is 0.104 e. The number of benzene rings is 1. The minimum atomic E-state index is 0. The third-order valence-corrected chi connectivity index (χ3v) is 4.70. The van der Waals surface area contributed by atoms with Crippen molar-refractivity contribution in [2.24, 2.45) is 16.1 Å². The second-order valence-corrected chi connectivity index (χ2v) is 6.16. The Labute approximate surface area is 115 Å². The van der Waals surface area contributed by atoms with Crippen LogP contribution in [0.5, 0.6) is 0 Å². The summed E-state index contributed by atoms with van der Waals surface area (Å²) in [6.45, 7) is 4.99. The van der Waals surface area contributed by atoms with Crippen molar-refractivity contribution in [1.82, 2.24) is 0 Å². The Morgan fingerprint density at radius 3 is 2.53 bits per heavy atom. The Balaban J connectivity index is 0.00000133. The number of nitrogens with zero attached hydrogens (tertiary/aromatic N) is 1. The van der Waals surface area contributed by atoms with Crippen molar-refractivity contribution in [3.63, 3.8) is 0 Å². The van der Waals surface area contributed by atoms with Gasteiger partial charge in [0.25, 0.3) is 0 Å². The zero-order valence-electron chi connectivity index (χ0n) is 11.9. The molecule has 2 saturated carbocycles. The summed E-state index contributed by atoms with van der Waals surface area (Å²) in [5.74, 6) is 0.855. The smallest absolute Gasteiger partial charge is 0.104 e. The first-order valence-electron chi connectivity index (χ1n) is 6.98. The van der Waals surface area contributed by atoms with Crippen molar-refractivity contribution < 1.29 is 5.48 Å². The monoisotopic (exact) mass is 260 g/mol. The van der Waals surface area contributed by atoms with Gasteiger partial charge in [0.15, 0.2) is 0 Å². The highest BCUT2D eigenvalue weighted by Gasteiger charge is 2.63. The maximum atomic E-state index is 6.31. The van der Waals surface area contributed by atoms with Gasteiger partial charge in [0, 0.05) is 6.54 Å². The molecule has 0 bridgehead atoms. The molecule has 19 heavy (non-hydrogen) atoms. The summed E-state index contributed by atoms with van der Waals surface area (Å²) in [5, 5.41) is 0. The Hall–Kier alpha value is -1.35. The summed E-state index contributed by atoms with van der Waals surface area (Å²) >= 11 is 0. The van der Waals surface area contributed by atoms with Crippen LogP contribution in [0.1, 0.15) is 43.7 Å². The van der Waals surface area contributed by atoms with Gasteiger partial charge in [-0.2, -0.15) is 0 Å². The first-order chi connectivity index (χ1) is 8.60. The Morgan fingerprint density at radius 2 is 2.00 bits per heavy atom. The van der Waals surface area contributed by atoms with Crippen LogP contribution in [0.2, 0.25) is 0 Å². The summed E-state index contributed by atoms with van der Waals surface area (Å²) in [4.78, 5) is 4.51. The molecule has 0 aromatic heterocycles. The van der Waals surface area contributed by atoms with Crippen LogP contribution in [0, 0.1) is 12.3 Å². The fraction of sp³-hybridized carbons (Fsp3) is 0.562. The Bertz CT molecular complexity index is 495. The Morgan fingerprint density at radius 1 is 1.32 bits per heavy atom. The van der Waals surface area contributed by atoms with E-state index >= 15 is 0 Å². The minimum Gasteiger partial charge on any atom is -0.412 e. The molecule has 0 aliphatic heterocycles. The van der Waals surface area contributed by atoms with Gasteiger partial charge in [0.1, 0.15) is 5.84 Å². The molecule has 2 aliphatic carbocycles. The number of nitrogens with two attached hydrogens (primary N) is 1. The average molecular weight is 260 g/mol. The van der Waals surface area contributed by atoms with E-state index < -0.39 is 0 Å². The van der Waals surface area contributed by atoms with Crippen LogP contribution in [0.15, 0.2) is 29.3 Å². The second kappa shape index (κ2) is 4.64. The van der Waals surface area contributed by atoms with Crippen molar-refractivity contribution >= 4 is 5.84 Å². The first-order valence-corrected chi connectivity index (χ1v) is 6.98. The third-order valence-electron chi connectivity index (χ3n) is 4.70. The van der Waals surface area contributed by atoms with Crippen LogP contribution in [0.4, 0.5) is 0 Å². The predicted molar refractivity (Wildman–Crippen MR) is 79.5 cm³/mol. The quantitative estimate of drug-likeness (QED) is 0.657. The molecular weight excluding hydrogens is 236 g/mol. The summed E-state index contributed by atoms with van der Waals surface area (Å²) in [6.07, 6.45) is 5.19. The van der Waals surface area contributed by atoms with E-state index in [-0.39, 0.29) is 10.9 Å². The van der Waals surface area contributed by atoms with Gasteiger partial charge in [-0.05, 0) is 50.5 Å². The number of rotatable bonds is 3. The number of hydrogen-bond donors (Lipinski definition) is 1. The van der Waals surface area contributed by atoms with Crippen molar-refractivity contribution in [1.29, 1.82) is 0 Å². The Kier molecular flexibility index (Phi) is 3.43. The first kappa shape index (κ1) is 14.1. The average Bonchev–Trinajstić information content (AvgIpc) is 3.06. The molecule has 1 spiro atoms. The van der Waals surface area contributed by atoms with Crippen LogP contribution in [0.3, 0.4) is 0 Å². The second-order valence-electron chi connectivity index (χ2n) is 6.16. The highest BCUT2D eigenvalue weighted by molar-refractivity contribution is 5.93. The lowest BCUT2D eigenvalue weighted by Gasteiger charge is -2.49. The topological polar surface area (TPSA) is 69.9 Å². The molecule has 2 fully saturated rings. The minimum absolute atomic E-state index is 0. The van der Waals surface area contributed by atoms with E-state index in [1.54, 1.807) is 0 Å². The summed E-state index contributed by atoms with van der Waals surface area (Å²) in [6, 6.07) is 8.80. The summed E-state index contributed by atoms with van der Waals surface area (Å²) in [7, 11) is 0. The molecule has 0 saturated heterocycles. The van der Waals surface area contributed by atoms with Crippen LogP contribution >= 0.6 is 0 Å². The number of amidine groups is 1. The van der Waals surface area contributed by atoms with Crippen LogP contribution in [-0.2, 0) is 5.41 Å². The molecular formula is C16H24N2O. The molecule has 0 radical (unpaired) electrons. The number of aryl methyl sites for hydroxylation is 1. The van der Waals surface area contributed by atoms with Crippen molar-refractivity contribution in [3.8, 4) is 0 Å². The third kappa shape index (κ3) is 2.16. The zero-order chi connectivity index (χ0) is 12.8. The maximum absolute atomic E-state index is 6.31. The van der Waals surface area contributed by atoms with E-state index in [4.69, 9.17) is 5.73 Å². The van der Waals surface area contributed by atoms with E-state index in [2.05, 4.69) is 43.1 Å². The lowest BCUT2D eigenvalue weighted by molar-refractivity contribution is 0.182. The van der Waals surface area contributed by atoms with E-state index in [1.165, 1.54) is 36.8 Å². The molecule has 2 aliphatic rings. The van der Waals surface area contributed by atoms with Gasteiger partial charge >= 0.3 is 0 Å². The SMILES string of the molecule is CCN=C(N)C1(c2cccc(C)c2)CC2(CC2)C1.O. The van der Waals surface area contributed by atoms with Crippen LogP contribution < -0.4 is 5.73 Å². The molecule has 1 aromatic carbocycles. The van der Waals surface area contributed by atoms with Crippen molar-refractivity contribution in [2.45, 2.75) is 44.9 Å². The van der Waals surface area contributed by atoms with Crippen LogP contribution in [0.25, 0.3) is 0 Å². The van der Waals surface area contributed by atoms with Gasteiger partial charge in [-0.3, -0.25) is 4.99 Å². The molecule has 1 aromatic rings. The molecule has 3 heteroatoms. The van der Waals surface area contributed by atoms with Gasteiger partial charge in [-0.1, -0.05) is 29.8 Å². The standard InChI is InChI=1S/C16H22N2.H2O/c1-3-18-14(17)16(10-15(11-16)7-8-15)13-6-4-5-12(2)9-13;/h4-6,9H,3,7-8,10-11H2,1-2H3,(H2,17,18);1H2. The molecule has 3 nitrogen and oxygen atoms in total. The highest BCUT2D eigenvalue weighted by atomic mass is 16.0. The van der Waals surface area contributed by atoms with Gasteiger partial charge in [0.2, 0.25) is 0 Å². The number of hydrogen-bond acceptors (Lipinski definition) is 1. The molecule has 3 rings (SSSR count). The van der Waals surface area contributed by atoms with Crippen molar-refractivity contribution in [2.75, 3.05) is 6.54 Å². The highest BCUT2D eigenvalue weighted by Crippen LogP contribution is 2.69. The molecule has 0 atom stereocenters. The molecule has 0 heterocycles. The normalized spacial score (nSPS) is 22.5. The summed E-state index contributed by atoms with van der Waals surface area (Å²) < 4.78 is 0. The predicted octanol–water partition coefficient (Wildman–Crippen LogP) is 2.36. The molecule has 0 amide bonds. The lowest BCUT2D eigenvalue weighted by Crippen LogP contribution is -2.52. The fourth-order valence-corrected chi connectivity index (χ4v) is 3.56. The van der Waals surface area contributed by atoms with Gasteiger partial charge in [-0.15, -0.1) is 0 Å². The zero-order valence-corrected chi connectivity index (χ0v) is 11.9.